The van der Waals surface area contributed by atoms with Crippen molar-refractivity contribution < 1.29 is 9.47 Å². The normalized spacial score (nSPS) is 11.2. The zero-order valence-corrected chi connectivity index (χ0v) is 15.0. The van der Waals surface area contributed by atoms with Gasteiger partial charge in [-0.15, -0.1) is 0 Å². The molecular weight excluding hydrogens is 466 g/mol. The molecule has 0 saturated carbocycles. The Morgan fingerprint density at radius 3 is 1.47 bits per heavy atom. The summed E-state index contributed by atoms with van der Waals surface area (Å²) < 4.78 is 14.1. The van der Waals surface area contributed by atoms with Crippen molar-refractivity contribution in [2.45, 2.75) is 19.6 Å². The van der Waals surface area contributed by atoms with Gasteiger partial charge in [0.2, 0.25) is 5.79 Å². The predicted molar refractivity (Wildman–Crippen MR) is 93.7 cm³/mol. The van der Waals surface area contributed by atoms with Crippen molar-refractivity contribution in [2.24, 2.45) is 0 Å². The lowest BCUT2D eigenvalue weighted by Gasteiger charge is -2.28. The highest BCUT2D eigenvalue weighted by atomic mass is 127. The van der Waals surface area contributed by atoms with Crippen LogP contribution in [0.3, 0.4) is 0 Å². The van der Waals surface area contributed by atoms with Gasteiger partial charge in [-0.2, -0.15) is 0 Å². The molecular formula is C15H14I2O2. The molecule has 0 N–H and O–H groups in total. The maximum absolute atomic E-state index is 5.96. The van der Waals surface area contributed by atoms with E-state index in [2.05, 4.69) is 45.2 Å². The molecule has 2 nitrogen and oxygen atoms in total. The van der Waals surface area contributed by atoms with Crippen molar-refractivity contribution in [3.8, 4) is 11.5 Å². The molecule has 0 radical (unpaired) electrons. The second-order valence-electron chi connectivity index (χ2n) is 4.46. The monoisotopic (exact) mass is 480 g/mol. The summed E-state index contributed by atoms with van der Waals surface area (Å²) in [5.74, 6) is 0.945. The van der Waals surface area contributed by atoms with Crippen LogP contribution in [-0.4, -0.2) is 5.79 Å². The summed E-state index contributed by atoms with van der Waals surface area (Å²) in [6.45, 7) is 3.83. The van der Waals surface area contributed by atoms with Crippen molar-refractivity contribution in [2.75, 3.05) is 0 Å². The minimum Gasteiger partial charge on any atom is -0.452 e. The van der Waals surface area contributed by atoms with Crippen molar-refractivity contribution in [3.05, 3.63) is 55.7 Å². The van der Waals surface area contributed by atoms with E-state index >= 15 is 0 Å². The van der Waals surface area contributed by atoms with Gasteiger partial charge in [-0.3, -0.25) is 0 Å². The molecule has 4 heteroatoms. The van der Waals surface area contributed by atoms with Crippen LogP contribution >= 0.6 is 45.2 Å². The van der Waals surface area contributed by atoms with Gasteiger partial charge in [-0.05, 0) is 69.4 Å². The Morgan fingerprint density at radius 2 is 1.11 bits per heavy atom. The molecule has 19 heavy (non-hydrogen) atoms. The third kappa shape index (κ3) is 4.24. The Balaban J connectivity index is 2.15. The van der Waals surface area contributed by atoms with Crippen molar-refractivity contribution in [1.82, 2.24) is 0 Å². The van der Waals surface area contributed by atoms with E-state index in [4.69, 9.17) is 9.47 Å². The fourth-order valence-electron chi connectivity index (χ4n) is 1.61. The largest absolute Gasteiger partial charge is 0.452 e. The Bertz CT molecular complexity index is 518. The molecule has 100 valence electrons. The Kier molecular flexibility index (Phi) is 4.94. The minimum atomic E-state index is -0.720. The molecule has 0 saturated heterocycles. The van der Waals surface area contributed by atoms with Crippen LogP contribution in [0.2, 0.25) is 0 Å². The summed E-state index contributed by atoms with van der Waals surface area (Å²) >= 11 is 4.51. The molecule has 0 atom stereocenters. The van der Waals surface area contributed by atoms with E-state index in [-0.39, 0.29) is 0 Å². The fourth-order valence-corrected chi connectivity index (χ4v) is 2.60. The first kappa shape index (κ1) is 14.9. The summed E-state index contributed by atoms with van der Waals surface area (Å²) in [7, 11) is 0. The third-order valence-corrected chi connectivity index (χ3v) is 4.17. The number of hydrogen-bond acceptors (Lipinski definition) is 2. The number of ether oxygens (including phenoxy) is 2. The van der Waals surface area contributed by atoms with E-state index in [1.807, 2.05) is 62.4 Å². The first-order valence-corrected chi connectivity index (χ1v) is 8.01. The van der Waals surface area contributed by atoms with Gasteiger partial charge in [0.1, 0.15) is 11.5 Å². The van der Waals surface area contributed by atoms with Crippen molar-refractivity contribution >= 4 is 45.2 Å². The van der Waals surface area contributed by atoms with Gasteiger partial charge in [0, 0.05) is 13.8 Å². The number of para-hydroxylation sites is 2. The lowest BCUT2D eigenvalue weighted by atomic mass is 10.3. The van der Waals surface area contributed by atoms with E-state index in [0.717, 1.165) is 18.6 Å². The van der Waals surface area contributed by atoms with Crippen LogP contribution in [0.25, 0.3) is 0 Å². The standard InChI is InChI=1S/C15H14I2O2/c1-15(2,18-13-9-5-3-7-11(13)16)19-14-10-6-4-8-12(14)17/h3-10H,1-2H3. The zero-order chi connectivity index (χ0) is 13.9. The average Bonchev–Trinajstić information content (AvgIpc) is 2.35. The molecule has 0 heterocycles. The Morgan fingerprint density at radius 1 is 0.737 bits per heavy atom. The Hall–Kier alpha value is -0.500. The van der Waals surface area contributed by atoms with E-state index in [0.29, 0.717) is 0 Å². The molecule has 0 aliphatic carbocycles. The summed E-state index contributed by atoms with van der Waals surface area (Å²) in [4.78, 5) is 0. The molecule has 0 fully saturated rings. The highest BCUT2D eigenvalue weighted by Crippen LogP contribution is 2.28. The highest BCUT2D eigenvalue weighted by Gasteiger charge is 2.23. The molecule has 0 spiro atoms. The first-order valence-electron chi connectivity index (χ1n) is 5.85. The van der Waals surface area contributed by atoms with E-state index < -0.39 is 5.79 Å². The van der Waals surface area contributed by atoms with Gasteiger partial charge in [0.25, 0.3) is 0 Å². The molecule has 0 bridgehead atoms. The van der Waals surface area contributed by atoms with E-state index in [9.17, 15) is 0 Å². The zero-order valence-electron chi connectivity index (χ0n) is 10.7. The van der Waals surface area contributed by atoms with E-state index in [1.165, 1.54) is 0 Å². The second kappa shape index (κ2) is 6.30. The fraction of sp³-hybridized carbons (Fsp3) is 0.200. The molecule has 0 aliphatic rings. The van der Waals surface area contributed by atoms with Crippen molar-refractivity contribution in [1.29, 1.82) is 0 Å². The van der Waals surface area contributed by atoms with E-state index in [1.54, 1.807) is 0 Å². The third-order valence-electron chi connectivity index (χ3n) is 2.38. The summed E-state index contributed by atoms with van der Waals surface area (Å²) in [6, 6.07) is 15.8. The maximum Gasteiger partial charge on any atom is 0.245 e. The average molecular weight is 480 g/mol. The van der Waals surface area contributed by atoms with Gasteiger partial charge in [0.05, 0.1) is 7.14 Å². The maximum atomic E-state index is 5.96. The van der Waals surface area contributed by atoms with Crippen LogP contribution in [-0.2, 0) is 0 Å². The second-order valence-corrected chi connectivity index (χ2v) is 6.79. The van der Waals surface area contributed by atoms with Crippen LogP contribution in [0.4, 0.5) is 0 Å². The predicted octanol–water partition coefficient (Wildman–Crippen LogP) is 5.09. The molecule has 2 aromatic rings. The van der Waals surface area contributed by atoms with Crippen LogP contribution in [0.15, 0.2) is 48.5 Å². The lowest BCUT2D eigenvalue weighted by molar-refractivity contribution is -0.0820. The molecule has 0 aliphatic heterocycles. The van der Waals surface area contributed by atoms with Crippen LogP contribution in [0.5, 0.6) is 11.5 Å². The molecule has 0 unspecified atom stereocenters. The quantitative estimate of drug-likeness (QED) is 0.449. The highest BCUT2D eigenvalue weighted by molar-refractivity contribution is 14.1. The summed E-state index contributed by atoms with van der Waals surface area (Å²) in [5.41, 5.74) is 0. The number of benzene rings is 2. The topological polar surface area (TPSA) is 18.5 Å². The minimum absolute atomic E-state index is 0.720. The lowest BCUT2D eigenvalue weighted by Crippen LogP contribution is -2.35. The summed E-state index contributed by atoms with van der Waals surface area (Å²) in [6.07, 6.45) is 0. The molecule has 2 aromatic carbocycles. The molecule has 2 rings (SSSR count). The van der Waals surface area contributed by atoms with Crippen molar-refractivity contribution in [3.63, 3.8) is 0 Å². The van der Waals surface area contributed by atoms with Gasteiger partial charge < -0.3 is 9.47 Å². The summed E-state index contributed by atoms with van der Waals surface area (Å²) in [5, 5.41) is 0. The SMILES string of the molecule is CC(C)(Oc1ccccc1I)Oc1ccccc1I. The van der Waals surface area contributed by atoms with Gasteiger partial charge >= 0.3 is 0 Å². The number of hydrogen-bond donors (Lipinski definition) is 0. The van der Waals surface area contributed by atoms with Gasteiger partial charge in [0.15, 0.2) is 0 Å². The Labute approximate surface area is 140 Å². The van der Waals surface area contributed by atoms with Gasteiger partial charge in [-0.1, -0.05) is 24.3 Å². The smallest absolute Gasteiger partial charge is 0.245 e. The van der Waals surface area contributed by atoms with Crippen LogP contribution in [0.1, 0.15) is 13.8 Å². The first-order chi connectivity index (χ1) is 8.98. The number of halogens is 2. The van der Waals surface area contributed by atoms with Crippen LogP contribution in [0, 0.1) is 7.14 Å². The molecule has 0 aromatic heterocycles. The molecule has 0 amide bonds. The van der Waals surface area contributed by atoms with Gasteiger partial charge in [-0.25, -0.2) is 0 Å². The van der Waals surface area contributed by atoms with Crippen LogP contribution < -0.4 is 9.47 Å². The number of rotatable bonds is 4.